The lowest BCUT2D eigenvalue weighted by Gasteiger charge is -2.30. The highest BCUT2D eigenvalue weighted by molar-refractivity contribution is 7.91. The normalized spacial score (nSPS) is 13.2. The van der Waals surface area contributed by atoms with Crippen molar-refractivity contribution in [3.8, 4) is 0 Å². The number of nitrogens with one attached hydrogen (secondary N) is 2. The smallest absolute Gasteiger partial charge is 0.251 e. The first-order chi connectivity index (χ1) is 18.9. The van der Waals surface area contributed by atoms with Crippen molar-refractivity contribution in [1.29, 1.82) is 0 Å². The van der Waals surface area contributed by atoms with Crippen molar-refractivity contribution >= 4 is 31.5 Å². The number of nitrogens with zero attached hydrogens (tertiary/aromatic N) is 2. The maximum absolute atomic E-state index is 13.4. The second-order valence-electron chi connectivity index (χ2n) is 9.06. The average Bonchev–Trinajstić information content (AvgIpc) is 2.95. The Kier molecular flexibility index (Phi) is 8.40. The molecule has 2 heterocycles. The molecule has 0 saturated carbocycles. The van der Waals surface area contributed by atoms with Crippen LogP contribution >= 0.6 is 0 Å². The number of hydrogen-bond acceptors (Lipinski definition) is 8. The third-order valence-electron chi connectivity index (χ3n) is 6.13. The summed E-state index contributed by atoms with van der Waals surface area (Å²) in [6, 6.07) is 16.3. The Bertz CT molecular complexity index is 1580. The van der Waals surface area contributed by atoms with Crippen molar-refractivity contribution in [2.75, 3.05) is 12.5 Å². The molecule has 12 heteroatoms. The fourth-order valence-corrected chi connectivity index (χ4v) is 5.28. The van der Waals surface area contributed by atoms with E-state index in [-0.39, 0.29) is 20.9 Å². The maximum atomic E-state index is 13.4. The number of amides is 2. The Labute approximate surface area is 232 Å². The first-order valence-electron chi connectivity index (χ1n) is 12.0. The molecule has 2 unspecified atom stereocenters. The quantitative estimate of drug-likeness (QED) is 0.308. The molecule has 206 valence electrons. The Morgan fingerprint density at radius 2 is 0.850 bits per heavy atom. The van der Waals surface area contributed by atoms with E-state index in [4.69, 9.17) is 0 Å². The number of carbonyl (C=O) groups excluding carboxylic acids is 2. The van der Waals surface area contributed by atoms with E-state index in [1.807, 2.05) is 0 Å². The highest BCUT2D eigenvalue weighted by Crippen LogP contribution is 2.30. The van der Waals surface area contributed by atoms with E-state index in [2.05, 4.69) is 20.6 Å². The number of hydrogen-bond donors (Lipinski definition) is 2. The number of carbonyl (C=O) groups is 2. The molecule has 0 bridgehead atoms. The summed E-state index contributed by atoms with van der Waals surface area (Å²) in [5, 5.41) is 5.92. The predicted molar refractivity (Wildman–Crippen MR) is 148 cm³/mol. The summed E-state index contributed by atoms with van der Waals surface area (Å²) in [5.74, 6) is -0.986. The van der Waals surface area contributed by atoms with Gasteiger partial charge in [-0.2, -0.15) is 0 Å². The lowest BCUT2D eigenvalue weighted by Crippen LogP contribution is -2.41. The minimum Gasteiger partial charge on any atom is -0.343 e. The number of benzene rings is 2. The van der Waals surface area contributed by atoms with Crippen molar-refractivity contribution in [3.05, 3.63) is 120 Å². The summed E-state index contributed by atoms with van der Waals surface area (Å²) in [4.78, 5) is 35.0. The van der Waals surface area contributed by atoms with Gasteiger partial charge in [-0.3, -0.25) is 19.6 Å². The van der Waals surface area contributed by atoms with Gasteiger partial charge in [-0.1, -0.05) is 0 Å². The molecule has 10 nitrogen and oxygen atoms in total. The molecule has 4 aromatic rings. The zero-order valence-electron chi connectivity index (χ0n) is 21.6. The highest BCUT2D eigenvalue weighted by Gasteiger charge is 2.29. The second kappa shape index (κ2) is 11.8. The van der Waals surface area contributed by atoms with Crippen LogP contribution in [0.4, 0.5) is 0 Å². The Hall–Kier alpha value is -4.42. The topological polar surface area (TPSA) is 152 Å². The van der Waals surface area contributed by atoms with E-state index in [1.54, 1.807) is 49.1 Å². The van der Waals surface area contributed by atoms with Crippen LogP contribution < -0.4 is 10.6 Å². The van der Waals surface area contributed by atoms with Gasteiger partial charge < -0.3 is 10.6 Å². The lowest BCUT2D eigenvalue weighted by atomic mass is 9.93. The molecule has 0 fully saturated rings. The van der Waals surface area contributed by atoms with Crippen LogP contribution in [0.5, 0.6) is 0 Å². The van der Waals surface area contributed by atoms with E-state index < -0.39 is 43.6 Å². The van der Waals surface area contributed by atoms with Gasteiger partial charge in [-0.25, -0.2) is 16.8 Å². The summed E-state index contributed by atoms with van der Waals surface area (Å²) in [5.41, 5.74) is 1.74. The van der Waals surface area contributed by atoms with Crippen molar-refractivity contribution in [1.82, 2.24) is 20.6 Å². The van der Waals surface area contributed by atoms with E-state index in [1.165, 1.54) is 48.5 Å². The molecule has 0 aliphatic carbocycles. The molecule has 2 N–H and O–H groups in total. The molecule has 0 aliphatic rings. The SMILES string of the molecule is CS(=O)(=O)c1ccc(C(=O)NC(c2ccncc2)C(NC(=O)c2ccc(S(C)(=O)=O)cc2)c2ccncc2)cc1. The molecule has 0 saturated heterocycles. The van der Waals surface area contributed by atoms with Gasteiger partial charge in [0.2, 0.25) is 0 Å². The molecule has 40 heavy (non-hydrogen) atoms. The first-order valence-corrected chi connectivity index (χ1v) is 15.7. The van der Waals surface area contributed by atoms with Crippen molar-refractivity contribution in [2.45, 2.75) is 21.9 Å². The highest BCUT2D eigenvalue weighted by atomic mass is 32.2. The maximum Gasteiger partial charge on any atom is 0.251 e. The van der Waals surface area contributed by atoms with Crippen LogP contribution in [0.3, 0.4) is 0 Å². The monoisotopic (exact) mass is 578 g/mol. The molecule has 2 atom stereocenters. The lowest BCUT2D eigenvalue weighted by molar-refractivity contribution is 0.0881. The zero-order chi connectivity index (χ0) is 28.9. The van der Waals surface area contributed by atoms with Gasteiger partial charge in [0.05, 0.1) is 21.9 Å². The Morgan fingerprint density at radius 3 is 1.12 bits per heavy atom. The molecule has 2 aromatic carbocycles. The molecule has 4 rings (SSSR count). The minimum absolute atomic E-state index is 0.0820. The van der Waals surface area contributed by atoms with Gasteiger partial charge in [0.25, 0.3) is 11.8 Å². The third-order valence-corrected chi connectivity index (χ3v) is 8.38. The van der Waals surface area contributed by atoms with Gasteiger partial charge in [0.1, 0.15) is 0 Å². The van der Waals surface area contributed by atoms with Crippen LogP contribution in [0.15, 0.2) is 107 Å². The average molecular weight is 579 g/mol. The van der Waals surface area contributed by atoms with Crippen LogP contribution in [0.1, 0.15) is 43.9 Å². The molecule has 2 amide bonds. The fourth-order valence-electron chi connectivity index (χ4n) is 4.02. The molecule has 0 radical (unpaired) electrons. The van der Waals surface area contributed by atoms with Gasteiger partial charge in [-0.15, -0.1) is 0 Å². The standard InChI is InChI=1S/C28H26N4O6S2/c1-39(35,36)23-7-3-21(4-8-23)27(33)31-25(19-11-15-29-16-12-19)26(20-13-17-30-18-14-20)32-28(34)22-5-9-24(10-6-22)40(2,37)38/h3-18,25-26H,1-2H3,(H,31,33)(H,32,34). The van der Waals surface area contributed by atoms with Gasteiger partial charge in [-0.05, 0) is 83.9 Å². The molecule has 2 aromatic heterocycles. The van der Waals surface area contributed by atoms with Crippen LogP contribution in [0, 0.1) is 0 Å². The summed E-state index contributed by atoms with van der Waals surface area (Å²) in [6.07, 6.45) is 8.40. The van der Waals surface area contributed by atoms with Gasteiger partial charge in [0, 0.05) is 48.4 Å². The number of sulfone groups is 2. The van der Waals surface area contributed by atoms with E-state index in [9.17, 15) is 26.4 Å². The van der Waals surface area contributed by atoms with Crippen LogP contribution in [-0.4, -0.2) is 51.1 Å². The zero-order valence-corrected chi connectivity index (χ0v) is 23.2. The van der Waals surface area contributed by atoms with E-state index >= 15 is 0 Å². The number of rotatable bonds is 9. The molecular weight excluding hydrogens is 552 g/mol. The second-order valence-corrected chi connectivity index (χ2v) is 13.1. The molecule has 0 aliphatic heterocycles. The van der Waals surface area contributed by atoms with Gasteiger partial charge in [0.15, 0.2) is 19.7 Å². The fraction of sp³-hybridized carbons (Fsp3) is 0.143. The Morgan fingerprint density at radius 1 is 0.550 bits per heavy atom. The van der Waals surface area contributed by atoms with Crippen molar-refractivity contribution < 1.29 is 26.4 Å². The first kappa shape index (κ1) is 28.6. The van der Waals surface area contributed by atoms with Crippen molar-refractivity contribution in [3.63, 3.8) is 0 Å². The summed E-state index contributed by atoms with van der Waals surface area (Å²) < 4.78 is 47.3. The third kappa shape index (κ3) is 6.96. The Balaban J connectivity index is 1.70. The predicted octanol–water partition coefficient (Wildman–Crippen LogP) is 2.93. The molecular formula is C28H26N4O6S2. The van der Waals surface area contributed by atoms with E-state index in [0.717, 1.165) is 12.5 Å². The summed E-state index contributed by atoms with van der Waals surface area (Å²) >= 11 is 0. The number of pyridine rings is 2. The van der Waals surface area contributed by atoms with Crippen LogP contribution in [-0.2, 0) is 19.7 Å². The van der Waals surface area contributed by atoms with Crippen LogP contribution in [0.25, 0.3) is 0 Å². The number of aromatic nitrogens is 2. The van der Waals surface area contributed by atoms with Gasteiger partial charge >= 0.3 is 0 Å². The summed E-state index contributed by atoms with van der Waals surface area (Å²) in [6.45, 7) is 0. The van der Waals surface area contributed by atoms with E-state index in [0.29, 0.717) is 11.1 Å². The van der Waals surface area contributed by atoms with Crippen molar-refractivity contribution in [2.24, 2.45) is 0 Å². The van der Waals surface area contributed by atoms with Crippen LogP contribution in [0.2, 0.25) is 0 Å². The largest absolute Gasteiger partial charge is 0.343 e. The molecule has 0 spiro atoms. The summed E-state index contributed by atoms with van der Waals surface area (Å²) in [7, 11) is -6.87. The minimum atomic E-state index is -3.44.